The molecule has 1 aliphatic heterocycles. The van der Waals surface area contributed by atoms with Crippen LogP contribution in [0.2, 0.25) is 0 Å². The van der Waals surface area contributed by atoms with Gasteiger partial charge in [0.2, 0.25) is 5.91 Å². The molecule has 4 atom stereocenters. The van der Waals surface area contributed by atoms with Crippen LogP contribution < -0.4 is 5.32 Å². The van der Waals surface area contributed by atoms with Crippen LogP contribution in [0.15, 0.2) is 0 Å². The minimum Gasteiger partial charge on any atom is -0.388 e. The summed E-state index contributed by atoms with van der Waals surface area (Å²) in [6.07, 6.45) is -3.28. The topological polar surface area (TPSA) is 98.7 Å². The Morgan fingerprint density at radius 1 is 1.50 bits per heavy atom. The molecule has 1 aliphatic rings. The lowest BCUT2D eigenvalue weighted by molar-refractivity contribution is -0.169. The first kappa shape index (κ1) is 11.4. The fourth-order valence-corrected chi connectivity index (χ4v) is 1.42. The Kier molecular flexibility index (Phi) is 3.82. The van der Waals surface area contributed by atoms with Crippen LogP contribution in [0.25, 0.3) is 0 Å². The van der Waals surface area contributed by atoms with Gasteiger partial charge in [0.1, 0.15) is 24.9 Å². The molecule has 1 saturated heterocycles. The third-order valence-electron chi connectivity index (χ3n) is 2.19. The molecule has 0 aromatic rings. The van der Waals surface area contributed by atoms with Gasteiger partial charge in [0.15, 0.2) is 0 Å². The van der Waals surface area contributed by atoms with Crippen LogP contribution in [-0.4, -0.2) is 53.7 Å². The van der Waals surface area contributed by atoms with Gasteiger partial charge in [-0.1, -0.05) is 0 Å². The first-order valence-electron chi connectivity index (χ1n) is 4.39. The van der Waals surface area contributed by atoms with Gasteiger partial charge in [0.25, 0.3) is 0 Å². The van der Waals surface area contributed by atoms with Crippen LogP contribution >= 0.6 is 0 Å². The molecule has 81 valence electrons. The number of ether oxygens (including phenoxy) is 1. The summed E-state index contributed by atoms with van der Waals surface area (Å²) < 4.78 is 4.99. The molecule has 0 aromatic carbocycles. The lowest BCUT2D eigenvalue weighted by Gasteiger charge is -2.36. The minimum absolute atomic E-state index is 0.0463. The van der Waals surface area contributed by atoms with Gasteiger partial charge in [-0.15, -0.1) is 0 Å². The molecule has 1 rings (SSSR count). The zero-order chi connectivity index (χ0) is 10.7. The summed E-state index contributed by atoms with van der Waals surface area (Å²) in [5, 5.41) is 31.8. The number of carbonyl (C=O) groups excluding carboxylic acids is 1. The van der Waals surface area contributed by atoms with E-state index in [0.29, 0.717) is 0 Å². The fourth-order valence-electron chi connectivity index (χ4n) is 1.42. The summed E-state index contributed by atoms with van der Waals surface area (Å²) in [5.41, 5.74) is 0. The summed E-state index contributed by atoms with van der Waals surface area (Å²) in [4.78, 5) is 10.7. The molecule has 1 amide bonds. The lowest BCUT2D eigenvalue weighted by Crippen LogP contribution is -2.59. The molecule has 1 heterocycles. The highest BCUT2D eigenvalue weighted by Crippen LogP contribution is 2.15. The van der Waals surface area contributed by atoms with Gasteiger partial charge in [0.05, 0.1) is 12.6 Å². The minimum atomic E-state index is -1.24. The van der Waals surface area contributed by atoms with E-state index in [4.69, 9.17) is 4.74 Å². The highest BCUT2D eigenvalue weighted by Gasteiger charge is 2.38. The predicted molar refractivity (Wildman–Crippen MR) is 44.9 cm³/mol. The van der Waals surface area contributed by atoms with Crippen molar-refractivity contribution in [2.45, 2.75) is 31.3 Å². The summed E-state index contributed by atoms with van der Waals surface area (Å²) >= 11 is 0. The Balaban J connectivity index is 2.54. The zero-order valence-electron chi connectivity index (χ0n) is 7.84. The van der Waals surface area contributed by atoms with Crippen LogP contribution in [0, 0.1) is 0 Å². The van der Waals surface area contributed by atoms with E-state index in [-0.39, 0.29) is 12.5 Å². The van der Waals surface area contributed by atoms with Gasteiger partial charge in [-0.3, -0.25) is 4.79 Å². The summed E-state index contributed by atoms with van der Waals surface area (Å²) in [7, 11) is 0. The van der Waals surface area contributed by atoms with Gasteiger partial charge in [0, 0.05) is 6.92 Å². The maximum Gasteiger partial charge on any atom is 0.217 e. The molecule has 0 aromatic heterocycles. The maximum atomic E-state index is 10.7. The predicted octanol–water partition coefficient (Wildman–Crippen LogP) is -1.96. The molecular weight excluding hydrogens is 190 g/mol. The number of carbonyl (C=O) groups is 1. The van der Waals surface area contributed by atoms with Gasteiger partial charge in [-0.05, 0) is 0 Å². The van der Waals surface area contributed by atoms with Crippen molar-refractivity contribution >= 4 is 5.91 Å². The fraction of sp³-hybridized carbons (Fsp3) is 0.875. The van der Waals surface area contributed by atoms with E-state index >= 15 is 0 Å². The SMILES string of the molecule is CC(=O)N[C@H]1CO[C@H](C[O])[C@H](O)[C@@H]1O. The van der Waals surface area contributed by atoms with E-state index < -0.39 is 31.0 Å². The summed E-state index contributed by atoms with van der Waals surface area (Å²) in [6.45, 7) is 0.745. The number of hydrogen-bond donors (Lipinski definition) is 3. The van der Waals surface area contributed by atoms with Crippen LogP contribution in [0.5, 0.6) is 0 Å². The molecule has 3 N–H and O–H groups in total. The quantitative estimate of drug-likeness (QED) is 0.486. The standard InChI is InChI=1S/C8H14NO5/c1-4(11)9-5-3-14-6(2-10)8(13)7(5)12/h5-8,12-13H,2-3H2,1H3,(H,9,11)/t5-,6+,7+,8-/m0/s1. The molecule has 0 bridgehead atoms. The van der Waals surface area contributed by atoms with E-state index in [2.05, 4.69) is 5.32 Å². The smallest absolute Gasteiger partial charge is 0.217 e. The summed E-state index contributed by atoms with van der Waals surface area (Å²) in [5.74, 6) is -0.314. The van der Waals surface area contributed by atoms with Crippen LogP contribution in [0.1, 0.15) is 6.92 Å². The van der Waals surface area contributed by atoms with Crippen LogP contribution in [0.4, 0.5) is 0 Å². The second-order valence-electron chi connectivity index (χ2n) is 3.33. The largest absolute Gasteiger partial charge is 0.388 e. The van der Waals surface area contributed by atoms with E-state index in [1.807, 2.05) is 0 Å². The molecule has 0 unspecified atom stereocenters. The Morgan fingerprint density at radius 2 is 2.14 bits per heavy atom. The molecule has 6 heteroatoms. The normalized spacial score (nSPS) is 38.0. The first-order chi connectivity index (χ1) is 6.56. The average molecular weight is 204 g/mol. The zero-order valence-corrected chi connectivity index (χ0v) is 7.84. The summed E-state index contributed by atoms with van der Waals surface area (Å²) in [6, 6.07) is -0.648. The molecule has 0 spiro atoms. The van der Waals surface area contributed by atoms with Crippen molar-refractivity contribution in [2.75, 3.05) is 13.2 Å². The third-order valence-corrected chi connectivity index (χ3v) is 2.19. The number of aliphatic hydroxyl groups excluding tert-OH is 2. The second-order valence-corrected chi connectivity index (χ2v) is 3.33. The van der Waals surface area contributed by atoms with Gasteiger partial charge < -0.3 is 20.3 Å². The first-order valence-corrected chi connectivity index (χ1v) is 4.39. The molecule has 1 fully saturated rings. The molecule has 0 aliphatic carbocycles. The maximum absolute atomic E-state index is 10.7. The van der Waals surface area contributed by atoms with Gasteiger partial charge >= 0.3 is 0 Å². The number of aliphatic hydroxyl groups is 2. The number of nitrogens with one attached hydrogen (secondary N) is 1. The van der Waals surface area contributed by atoms with Crippen molar-refractivity contribution in [3.8, 4) is 0 Å². The Bertz CT molecular complexity index is 210. The molecular formula is C8H14NO5. The second kappa shape index (κ2) is 4.70. The van der Waals surface area contributed by atoms with Crippen LogP contribution in [0.3, 0.4) is 0 Å². The van der Waals surface area contributed by atoms with Crippen molar-refractivity contribution in [2.24, 2.45) is 0 Å². The molecule has 1 radical (unpaired) electrons. The third kappa shape index (κ3) is 2.42. The Morgan fingerprint density at radius 3 is 2.64 bits per heavy atom. The lowest BCUT2D eigenvalue weighted by atomic mass is 9.98. The van der Waals surface area contributed by atoms with Crippen molar-refractivity contribution in [3.05, 3.63) is 0 Å². The van der Waals surface area contributed by atoms with Gasteiger partial charge in [-0.25, -0.2) is 5.11 Å². The highest BCUT2D eigenvalue weighted by atomic mass is 16.5. The number of rotatable bonds is 2. The van der Waals surface area contributed by atoms with Crippen molar-refractivity contribution in [1.82, 2.24) is 5.32 Å². The van der Waals surface area contributed by atoms with E-state index in [1.54, 1.807) is 0 Å². The molecule has 0 saturated carbocycles. The number of hydrogen-bond acceptors (Lipinski definition) is 4. The van der Waals surface area contributed by atoms with E-state index in [0.717, 1.165) is 0 Å². The number of amides is 1. The Labute approximate surface area is 81.5 Å². The molecule has 14 heavy (non-hydrogen) atoms. The van der Waals surface area contributed by atoms with Crippen molar-refractivity contribution < 1.29 is 24.9 Å². The Hall–Kier alpha value is -0.690. The van der Waals surface area contributed by atoms with Crippen molar-refractivity contribution in [1.29, 1.82) is 0 Å². The van der Waals surface area contributed by atoms with E-state index in [9.17, 15) is 20.1 Å². The molecule has 6 nitrogen and oxygen atoms in total. The average Bonchev–Trinajstić information content (AvgIpc) is 2.13. The highest BCUT2D eigenvalue weighted by molar-refractivity contribution is 5.73. The van der Waals surface area contributed by atoms with Crippen LogP contribution in [-0.2, 0) is 14.6 Å². The van der Waals surface area contributed by atoms with Crippen molar-refractivity contribution in [3.63, 3.8) is 0 Å². The van der Waals surface area contributed by atoms with Gasteiger partial charge in [-0.2, -0.15) is 0 Å². The monoisotopic (exact) mass is 204 g/mol. The van der Waals surface area contributed by atoms with E-state index in [1.165, 1.54) is 6.92 Å².